The highest BCUT2D eigenvalue weighted by Crippen LogP contribution is 2.34. The van der Waals surface area contributed by atoms with Gasteiger partial charge < -0.3 is 4.74 Å². The van der Waals surface area contributed by atoms with Gasteiger partial charge in [-0.1, -0.05) is 29.5 Å². The maximum absolute atomic E-state index is 13.5. The van der Waals surface area contributed by atoms with Crippen LogP contribution in [0.25, 0.3) is 15.9 Å². The maximum Gasteiger partial charge on any atom is 0.418 e. The molecule has 164 valence electrons. The van der Waals surface area contributed by atoms with Gasteiger partial charge in [-0.3, -0.25) is 14.9 Å². The van der Waals surface area contributed by atoms with Crippen molar-refractivity contribution in [3.8, 4) is 11.4 Å². The number of hydrogen-bond acceptors (Lipinski definition) is 6. The van der Waals surface area contributed by atoms with E-state index in [1.807, 2.05) is 0 Å². The molecule has 2 aromatic heterocycles. The van der Waals surface area contributed by atoms with E-state index in [1.54, 1.807) is 18.2 Å². The zero-order valence-corrected chi connectivity index (χ0v) is 17.5. The summed E-state index contributed by atoms with van der Waals surface area (Å²) >= 11 is 1.16. The number of methoxy groups -OCH3 is 1. The van der Waals surface area contributed by atoms with Crippen molar-refractivity contribution in [1.29, 1.82) is 0 Å². The second kappa shape index (κ2) is 8.08. The van der Waals surface area contributed by atoms with E-state index in [0.29, 0.717) is 11.3 Å². The summed E-state index contributed by atoms with van der Waals surface area (Å²) in [6.07, 6.45) is -4.64. The molecule has 4 aromatic rings. The summed E-state index contributed by atoms with van der Waals surface area (Å²) in [7, 11) is 1.49. The highest BCUT2D eigenvalue weighted by molar-refractivity contribution is 7.22. The number of rotatable bonds is 4. The molecule has 7 nitrogen and oxygen atoms in total. The number of nitrogens with zero attached hydrogens (tertiary/aromatic N) is 3. The number of alkyl halides is 3. The Balaban J connectivity index is 1.74. The molecule has 0 fully saturated rings. The van der Waals surface area contributed by atoms with E-state index in [2.05, 4.69) is 15.4 Å². The molecule has 1 N–H and O–H groups in total. The van der Waals surface area contributed by atoms with Crippen molar-refractivity contribution in [1.82, 2.24) is 14.8 Å². The van der Waals surface area contributed by atoms with Gasteiger partial charge in [0.2, 0.25) is 5.43 Å². The predicted molar refractivity (Wildman–Crippen MR) is 114 cm³/mol. The van der Waals surface area contributed by atoms with E-state index in [4.69, 9.17) is 4.74 Å². The molecule has 0 radical (unpaired) electrons. The predicted octanol–water partition coefficient (Wildman–Crippen LogP) is 4.43. The third-order valence-corrected chi connectivity index (χ3v) is 5.52. The minimum absolute atomic E-state index is 0.146. The van der Waals surface area contributed by atoms with Gasteiger partial charge in [0.1, 0.15) is 11.3 Å². The monoisotopic (exact) mass is 460 g/mol. The Hall–Kier alpha value is -3.73. The van der Waals surface area contributed by atoms with Crippen LogP contribution in [0, 0.1) is 6.92 Å². The summed E-state index contributed by atoms with van der Waals surface area (Å²) in [6, 6.07) is 11.1. The normalized spacial score (nSPS) is 11.5. The molecule has 0 saturated heterocycles. The van der Waals surface area contributed by atoms with Crippen LogP contribution in [0.1, 0.15) is 21.7 Å². The quantitative estimate of drug-likeness (QED) is 0.487. The van der Waals surface area contributed by atoms with Crippen molar-refractivity contribution < 1.29 is 22.7 Å². The van der Waals surface area contributed by atoms with E-state index in [0.717, 1.165) is 32.9 Å². The summed E-state index contributed by atoms with van der Waals surface area (Å²) in [6.45, 7) is 1.43. The van der Waals surface area contributed by atoms with Crippen molar-refractivity contribution in [3.05, 3.63) is 75.7 Å². The number of carbonyl (C=O) groups excluding carboxylic acids is 1. The van der Waals surface area contributed by atoms with Gasteiger partial charge in [-0.25, -0.2) is 9.67 Å². The Morgan fingerprint density at radius 1 is 1.16 bits per heavy atom. The maximum atomic E-state index is 13.5. The first-order valence-electron chi connectivity index (χ1n) is 9.21. The molecule has 11 heteroatoms. The molecule has 0 spiro atoms. The van der Waals surface area contributed by atoms with E-state index in [1.165, 1.54) is 32.2 Å². The van der Waals surface area contributed by atoms with Crippen LogP contribution in [0.2, 0.25) is 0 Å². The van der Waals surface area contributed by atoms with Gasteiger partial charge in [0.25, 0.3) is 5.91 Å². The first kappa shape index (κ1) is 21.5. The Kier molecular flexibility index (Phi) is 5.43. The number of amides is 1. The van der Waals surface area contributed by atoms with Crippen molar-refractivity contribution in [3.63, 3.8) is 0 Å². The number of carbonyl (C=O) groups is 1. The van der Waals surface area contributed by atoms with E-state index < -0.39 is 28.8 Å². The highest BCUT2D eigenvalue weighted by Gasteiger charge is 2.34. The summed E-state index contributed by atoms with van der Waals surface area (Å²) in [5.41, 5.74) is -1.84. The average molecular weight is 460 g/mol. The lowest BCUT2D eigenvalue weighted by Gasteiger charge is -2.16. The van der Waals surface area contributed by atoms with Gasteiger partial charge in [-0.15, -0.1) is 0 Å². The third-order valence-electron chi connectivity index (χ3n) is 4.58. The van der Waals surface area contributed by atoms with E-state index in [-0.39, 0.29) is 16.5 Å². The molecular formula is C21H15F3N4O3S. The fourth-order valence-corrected chi connectivity index (χ4v) is 4.02. The van der Waals surface area contributed by atoms with Crippen LogP contribution in [0.15, 0.2) is 53.3 Å². The van der Waals surface area contributed by atoms with Crippen molar-refractivity contribution in [2.24, 2.45) is 0 Å². The molecule has 2 heterocycles. The number of ether oxygens (including phenoxy) is 1. The number of anilines is 1. The molecule has 0 aliphatic carbocycles. The first-order chi connectivity index (χ1) is 15.2. The minimum atomic E-state index is -4.64. The van der Waals surface area contributed by atoms with Crippen molar-refractivity contribution >= 4 is 32.6 Å². The van der Waals surface area contributed by atoms with Crippen LogP contribution in [-0.4, -0.2) is 27.8 Å². The summed E-state index contributed by atoms with van der Waals surface area (Å²) < 4.78 is 47.3. The Bertz CT molecular complexity index is 1400. The van der Waals surface area contributed by atoms with Gasteiger partial charge in [-0.2, -0.15) is 18.3 Å². The zero-order valence-electron chi connectivity index (χ0n) is 16.7. The number of para-hydroxylation sites is 2. The third kappa shape index (κ3) is 3.94. The molecule has 4 rings (SSSR count). The van der Waals surface area contributed by atoms with E-state index in [9.17, 15) is 22.8 Å². The molecule has 2 aromatic carbocycles. The minimum Gasteiger partial charge on any atom is -0.494 e. The fraction of sp³-hybridized carbons (Fsp3) is 0.143. The van der Waals surface area contributed by atoms with Crippen molar-refractivity contribution in [2.75, 3.05) is 12.4 Å². The number of aromatic nitrogens is 3. The second-order valence-electron chi connectivity index (χ2n) is 6.71. The molecule has 32 heavy (non-hydrogen) atoms. The lowest BCUT2D eigenvalue weighted by atomic mass is 10.1. The fourth-order valence-electron chi connectivity index (χ4n) is 3.14. The number of nitrogens with one attached hydrogen (secondary N) is 1. The number of aryl methyl sites for hydroxylation is 1. The lowest BCUT2D eigenvalue weighted by Crippen LogP contribution is -2.27. The molecule has 0 bridgehead atoms. The molecule has 0 atom stereocenters. The topological polar surface area (TPSA) is 86.1 Å². The SMILES string of the molecule is COc1cccc2sc(NC(=O)c3nn(-c4ccccc4C(F)(F)F)c(C)cc3=O)nc12. The van der Waals surface area contributed by atoms with Gasteiger partial charge in [0.15, 0.2) is 10.8 Å². The summed E-state index contributed by atoms with van der Waals surface area (Å²) in [5.74, 6) is -0.370. The first-order valence-corrected chi connectivity index (χ1v) is 10.0. The smallest absolute Gasteiger partial charge is 0.418 e. The average Bonchev–Trinajstić information content (AvgIpc) is 3.15. The number of benzene rings is 2. The number of hydrogen-bond donors (Lipinski definition) is 1. The number of thiazole rings is 1. The lowest BCUT2D eigenvalue weighted by molar-refractivity contribution is -0.137. The van der Waals surface area contributed by atoms with Gasteiger partial charge in [0, 0.05) is 11.8 Å². The molecular weight excluding hydrogens is 445 g/mol. The Morgan fingerprint density at radius 3 is 2.62 bits per heavy atom. The van der Waals surface area contributed by atoms with Crippen molar-refractivity contribution in [2.45, 2.75) is 13.1 Å². The van der Waals surface area contributed by atoms with Gasteiger partial charge in [-0.05, 0) is 31.2 Å². The largest absolute Gasteiger partial charge is 0.494 e. The summed E-state index contributed by atoms with van der Waals surface area (Å²) in [4.78, 5) is 29.5. The standard InChI is InChI=1S/C21H15F3N4O3S/c1-11-10-14(29)17(27-28(11)13-7-4-3-6-12(13)21(22,23)24)19(30)26-20-25-18-15(31-2)8-5-9-16(18)32-20/h3-10H,1-2H3,(H,25,26,30). The van der Waals surface area contributed by atoms with Gasteiger partial charge in [0.05, 0.1) is 23.1 Å². The van der Waals surface area contributed by atoms with Crippen LogP contribution in [0.4, 0.5) is 18.3 Å². The Labute approximate surface area is 183 Å². The number of halogens is 3. The van der Waals surface area contributed by atoms with Crippen LogP contribution in [-0.2, 0) is 6.18 Å². The van der Waals surface area contributed by atoms with Crippen LogP contribution < -0.4 is 15.5 Å². The molecule has 0 unspecified atom stereocenters. The van der Waals surface area contributed by atoms with Crippen LogP contribution in [0.3, 0.4) is 0 Å². The second-order valence-corrected chi connectivity index (χ2v) is 7.74. The van der Waals surface area contributed by atoms with E-state index >= 15 is 0 Å². The number of fused-ring (bicyclic) bond motifs is 1. The van der Waals surface area contributed by atoms with Crippen LogP contribution >= 0.6 is 11.3 Å². The van der Waals surface area contributed by atoms with Crippen LogP contribution in [0.5, 0.6) is 5.75 Å². The molecule has 0 aliphatic rings. The molecule has 0 saturated carbocycles. The summed E-state index contributed by atoms with van der Waals surface area (Å²) in [5, 5.41) is 6.63. The van der Waals surface area contributed by atoms with Gasteiger partial charge >= 0.3 is 6.18 Å². The molecule has 0 aliphatic heterocycles. The zero-order chi connectivity index (χ0) is 23.0. The Morgan fingerprint density at radius 2 is 1.91 bits per heavy atom. The molecule has 1 amide bonds. The highest BCUT2D eigenvalue weighted by atomic mass is 32.1.